The molecular weight excluding hydrogens is 336 g/mol. The van der Waals surface area contributed by atoms with Gasteiger partial charge in [-0.2, -0.15) is 4.31 Å². The molecule has 0 amide bonds. The van der Waals surface area contributed by atoms with Crippen LogP contribution in [0.1, 0.15) is 11.3 Å². The summed E-state index contributed by atoms with van der Waals surface area (Å²) in [5.74, 6) is 0.853. The summed E-state index contributed by atoms with van der Waals surface area (Å²) in [4.78, 5) is 0. The van der Waals surface area contributed by atoms with Gasteiger partial charge in [0.25, 0.3) is 0 Å². The summed E-state index contributed by atoms with van der Waals surface area (Å²) >= 11 is 0. The molecule has 6 heteroatoms. The van der Waals surface area contributed by atoms with Crippen LogP contribution in [0.25, 0.3) is 10.9 Å². The van der Waals surface area contributed by atoms with E-state index in [9.17, 15) is 8.42 Å². The molecule has 0 atom stereocenters. The summed E-state index contributed by atoms with van der Waals surface area (Å²) in [7, 11) is -1.69. The highest BCUT2D eigenvalue weighted by molar-refractivity contribution is 7.88. The predicted octanol–water partition coefficient (Wildman–Crippen LogP) is 3.00. The maximum Gasteiger partial charge on any atom is 0.218 e. The summed E-state index contributed by atoms with van der Waals surface area (Å²) in [6.07, 6.45) is 0. The SMILES string of the molecule is COc1ccc2c(c1)cc1n2CCN(S(=O)(=O)Cc2ccccc2)C1. The molecule has 0 saturated heterocycles. The number of hydrogen-bond donors (Lipinski definition) is 0. The van der Waals surface area contributed by atoms with Crippen LogP contribution in [-0.2, 0) is 28.9 Å². The fourth-order valence-electron chi connectivity index (χ4n) is 3.41. The number of rotatable bonds is 4. The predicted molar refractivity (Wildman–Crippen MR) is 98.0 cm³/mol. The Morgan fingerprint density at radius 2 is 1.84 bits per heavy atom. The van der Waals surface area contributed by atoms with Crippen LogP contribution in [0.15, 0.2) is 54.6 Å². The number of hydrogen-bond acceptors (Lipinski definition) is 3. The molecular formula is C19H20N2O3S. The van der Waals surface area contributed by atoms with Gasteiger partial charge in [0.1, 0.15) is 5.75 Å². The second-order valence-corrected chi connectivity index (χ2v) is 8.26. The lowest BCUT2D eigenvalue weighted by Crippen LogP contribution is -2.38. The molecule has 0 spiro atoms. The molecule has 0 unspecified atom stereocenters. The smallest absolute Gasteiger partial charge is 0.218 e. The van der Waals surface area contributed by atoms with Crippen LogP contribution >= 0.6 is 0 Å². The maximum atomic E-state index is 12.8. The Bertz CT molecular complexity index is 1010. The standard InChI is InChI=1S/C19H20N2O3S/c1-24-18-7-8-19-16(12-18)11-17-13-20(9-10-21(17)19)25(22,23)14-15-5-3-2-4-6-15/h2-8,11-12H,9-10,13-14H2,1H3. The first kappa shape index (κ1) is 16.2. The Morgan fingerprint density at radius 3 is 2.60 bits per heavy atom. The van der Waals surface area contributed by atoms with E-state index in [1.807, 2.05) is 48.5 Å². The van der Waals surface area contributed by atoms with Crippen molar-refractivity contribution in [3.8, 4) is 5.75 Å². The van der Waals surface area contributed by atoms with Crippen molar-refractivity contribution < 1.29 is 13.2 Å². The highest BCUT2D eigenvalue weighted by Gasteiger charge is 2.28. The van der Waals surface area contributed by atoms with Crippen LogP contribution in [0, 0.1) is 0 Å². The van der Waals surface area contributed by atoms with Gasteiger partial charge < -0.3 is 9.30 Å². The zero-order valence-corrected chi connectivity index (χ0v) is 14.9. The second-order valence-electron chi connectivity index (χ2n) is 6.29. The van der Waals surface area contributed by atoms with Crippen LogP contribution in [-0.4, -0.2) is 30.9 Å². The van der Waals surface area contributed by atoms with Crippen LogP contribution in [0.4, 0.5) is 0 Å². The fourth-order valence-corrected chi connectivity index (χ4v) is 4.90. The molecule has 0 fully saturated rings. The number of ether oxygens (including phenoxy) is 1. The lowest BCUT2D eigenvalue weighted by molar-refractivity contribution is 0.345. The van der Waals surface area contributed by atoms with Crippen LogP contribution in [0.2, 0.25) is 0 Å². The van der Waals surface area contributed by atoms with Crippen molar-refractivity contribution in [3.63, 3.8) is 0 Å². The Labute approximate surface area is 147 Å². The quantitative estimate of drug-likeness (QED) is 0.722. The van der Waals surface area contributed by atoms with Gasteiger partial charge in [-0.15, -0.1) is 0 Å². The van der Waals surface area contributed by atoms with Gasteiger partial charge in [-0.25, -0.2) is 8.42 Å². The molecule has 5 nitrogen and oxygen atoms in total. The molecule has 4 rings (SSSR count). The van der Waals surface area contributed by atoms with Crippen molar-refractivity contribution in [3.05, 3.63) is 65.9 Å². The zero-order chi connectivity index (χ0) is 17.4. The number of nitrogens with zero attached hydrogens (tertiary/aromatic N) is 2. The van der Waals surface area contributed by atoms with E-state index in [1.165, 1.54) is 0 Å². The van der Waals surface area contributed by atoms with Crippen molar-refractivity contribution in [2.24, 2.45) is 0 Å². The number of benzene rings is 2. The van der Waals surface area contributed by atoms with E-state index in [4.69, 9.17) is 4.74 Å². The molecule has 2 heterocycles. The van der Waals surface area contributed by atoms with Crippen LogP contribution in [0.5, 0.6) is 5.75 Å². The normalized spacial score (nSPS) is 15.2. The van der Waals surface area contributed by atoms with E-state index in [2.05, 4.69) is 10.6 Å². The average Bonchev–Trinajstić information content (AvgIpc) is 2.98. The summed E-state index contributed by atoms with van der Waals surface area (Å²) in [6.45, 7) is 1.57. The molecule has 0 aliphatic carbocycles. The number of fused-ring (bicyclic) bond motifs is 3. The first-order valence-electron chi connectivity index (χ1n) is 8.25. The molecule has 3 aromatic rings. The molecule has 0 saturated carbocycles. The largest absolute Gasteiger partial charge is 0.497 e. The molecule has 1 aliphatic rings. The van der Waals surface area contributed by atoms with Crippen molar-refractivity contribution in [1.29, 1.82) is 0 Å². The van der Waals surface area contributed by atoms with Gasteiger partial charge in [-0.3, -0.25) is 0 Å². The third-order valence-electron chi connectivity index (χ3n) is 4.69. The summed E-state index contributed by atoms with van der Waals surface area (Å²) < 4.78 is 34.6. The minimum absolute atomic E-state index is 0.0435. The summed E-state index contributed by atoms with van der Waals surface area (Å²) in [5.41, 5.74) is 2.96. The fraction of sp³-hybridized carbons (Fsp3) is 0.263. The highest BCUT2D eigenvalue weighted by atomic mass is 32.2. The Morgan fingerprint density at radius 1 is 1.04 bits per heavy atom. The van der Waals surface area contributed by atoms with E-state index < -0.39 is 10.0 Å². The van der Waals surface area contributed by atoms with E-state index in [0.29, 0.717) is 19.6 Å². The van der Waals surface area contributed by atoms with Gasteiger partial charge in [-0.1, -0.05) is 30.3 Å². The van der Waals surface area contributed by atoms with Crippen molar-refractivity contribution in [2.75, 3.05) is 13.7 Å². The first-order chi connectivity index (χ1) is 12.1. The molecule has 2 aromatic carbocycles. The number of methoxy groups -OCH3 is 1. The molecule has 0 N–H and O–H groups in total. The van der Waals surface area contributed by atoms with Gasteiger partial charge in [0.2, 0.25) is 10.0 Å². The Kier molecular flexibility index (Phi) is 4.01. The Hall–Kier alpha value is -2.31. The van der Waals surface area contributed by atoms with Crippen LogP contribution in [0.3, 0.4) is 0 Å². The monoisotopic (exact) mass is 356 g/mol. The second kappa shape index (κ2) is 6.20. The number of sulfonamides is 1. The maximum absolute atomic E-state index is 12.8. The molecule has 1 aliphatic heterocycles. The average molecular weight is 356 g/mol. The van der Waals surface area contributed by atoms with Gasteiger partial charge in [0, 0.05) is 29.7 Å². The van der Waals surface area contributed by atoms with Crippen molar-refractivity contribution in [1.82, 2.24) is 8.87 Å². The highest BCUT2D eigenvalue weighted by Crippen LogP contribution is 2.28. The third-order valence-corrected chi connectivity index (χ3v) is 6.49. The topological polar surface area (TPSA) is 51.5 Å². The minimum atomic E-state index is -3.33. The van der Waals surface area contributed by atoms with E-state index in [-0.39, 0.29) is 5.75 Å². The van der Waals surface area contributed by atoms with E-state index in [1.54, 1.807) is 11.4 Å². The summed E-state index contributed by atoms with van der Waals surface area (Å²) in [5, 5.41) is 1.08. The minimum Gasteiger partial charge on any atom is -0.497 e. The van der Waals surface area contributed by atoms with Crippen LogP contribution < -0.4 is 4.74 Å². The van der Waals surface area contributed by atoms with Crippen molar-refractivity contribution in [2.45, 2.75) is 18.8 Å². The lowest BCUT2D eigenvalue weighted by Gasteiger charge is -2.28. The first-order valence-corrected chi connectivity index (χ1v) is 9.86. The van der Waals surface area contributed by atoms with Gasteiger partial charge in [0.05, 0.1) is 19.4 Å². The van der Waals surface area contributed by atoms with Crippen molar-refractivity contribution >= 4 is 20.9 Å². The zero-order valence-electron chi connectivity index (χ0n) is 14.1. The number of aromatic nitrogens is 1. The van der Waals surface area contributed by atoms with E-state index in [0.717, 1.165) is 27.9 Å². The summed E-state index contributed by atoms with van der Waals surface area (Å²) in [6, 6.07) is 17.4. The van der Waals surface area contributed by atoms with E-state index >= 15 is 0 Å². The molecule has 0 radical (unpaired) electrons. The molecule has 1 aromatic heterocycles. The molecule has 25 heavy (non-hydrogen) atoms. The van der Waals surface area contributed by atoms with Gasteiger partial charge >= 0.3 is 0 Å². The van der Waals surface area contributed by atoms with Gasteiger partial charge in [-0.05, 0) is 29.8 Å². The molecule has 130 valence electrons. The lowest BCUT2D eigenvalue weighted by atomic mass is 10.2. The Balaban J connectivity index is 1.62. The van der Waals surface area contributed by atoms with Gasteiger partial charge in [0.15, 0.2) is 0 Å². The third kappa shape index (κ3) is 3.03. The molecule has 0 bridgehead atoms.